The zero-order valence-corrected chi connectivity index (χ0v) is 11.8. The average Bonchev–Trinajstić information content (AvgIpc) is 2.83. The van der Waals surface area contributed by atoms with Gasteiger partial charge in [0.25, 0.3) is 0 Å². The van der Waals surface area contributed by atoms with Gasteiger partial charge in [-0.25, -0.2) is 9.78 Å². The van der Waals surface area contributed by atoms with Crippen molar-refractivity contribution in [2.45, 2.75) is 26.7 Å². The van der Waals surface area contributed by atoms with E-state index < -0.39 is 5.97 Å². The van der Waals surface area contributed by atoms with Gasteiger partial charge in [0.2, 0.25) is 11.7 Å². The van der Waals surface area contributed by atoms with E-state index in [0.29, 0.717) is 23.4 Å². The highest BCUT2D eigenvalue weighted by atomic mass is 16.5. The minimum Gasteiger partial charge on any atom is -0.496 e. The van der Waals surface area contributed by atoms with E-state index in [9.17, 15) is 4.79 Å². The maximum Gasteiger partial charge on any atom is 0.373 e. The lowest BCUT2D eigenvalue weighted by Gasteiger charge is -2.05. The van der Waals surface area contributed by atoms with Crippen LogP contribution in [0.1, 0.15) is 35.2 Å². The normalized spacial score (nSPS) is 10.6. The number of aromatic nitrogens is 1. The first-order valence-corrected chi connectivity index (χ1v) is 6.44. The van der Waals surface area contributed by atoms with Gasteiger partial charge in [-0.15, -0.1) is 0 Å². The maximum absolute atomic E-state index is 11.2. The summed E-state index contributed by atoms with van der Waals surface area (Å²) in [5.74, 6) is -0.299. The van der Waals surface area contributed by atoms with Crippen molar-refractivity contribution >= 4 is 5.97 Å². The Morgan fingerprint density at radius 3 is 2.80 bits per heavy atom. The quantitative estimate of drug-likeness (QED) is 0.906. The van der Waals surface area contributed by atoms with Gasteiger partial charge in [0, 0.05) is 0 Å². The van der Waals surface area contributed by atoms with Crippen molar-refractivity contribution in [3.8, 4) is 17.2 Å². The molecule has 0 fully saturated rings. The fourth-order valence-electron chi connectivity index (χ4n) is 2.03. The summed E-state index contributed by atoms with van der Waals surface area (Å²) in [7, 11) is 1.56. The molecule has 0 amide bonds. The second-order valence-corrected chi connectivity index (χ2v) is 4.55. The lowest BCUT2D eigenvalue weighted by atomic mass is 10.1. The Labute approximate surface area is 117 Å². The summed E-state index contributed by atoms with van der Waals surface area (Å²) in [4.78, 5) is 15.5. The van der Waals surface area contributed by atoms with Crippen LogP contribution in [0.3, 0.4) is 0 Å². The number of carbonyl (C=O) groups is 1. The molecule has 0 aliphatic carbocycles. The smallest absolute Gasteiger partial charge is 0.373 e. The third-order valence-electron chi connectivity index (χ3n) is 2.96. The summed E-state index contributed by atoms with van der Waals surface area (Å²) in [6, 6.07) is 5.59. The van der Waals surface area contributed by atoms with E-state index in [1.54, 1.807) is 7.11 Å². The highest BCUT2D eigenvalue weighted by molar-refractivity contribution is 5.86. The molecule has 0 saturated carbocycles. The van der Waals surface area contributed by atoms with Crippen LogP contribution in [0, 0.1) is 6.92 Å². The van der Waals surface area contributed by atoms with Crippen molar-refractivity contribution in [1.82, 2.24) is 4.98 Å². The second-order valence-electron chi connectivity index (χ2n) is 4.55. The van der Waals surface area contributed by atoms with Crippen molar-refractivity contribution in [1.29, 1.82) is 0 Å². The lowest BCUT2D eigenvalue weighted by molar-refractivity contribution is 0.0661. The van der Waals surface area contributed by atoms with E-state index in [1.165, 1.54) is 0 Å². The first-order chi connectivity index (χ1) is 9.56. The molecule has 0 bridgehead atoms. The number of carboxylic acids is 1. The van der Waals surface area contributed by atoms with Crippen LogP contribution in [-0.4, -0.2) is 23.2 Å². The molecule has 1 heterocycles. The number of carboxylic acid groups (broad SMARTS) is 1. The van der Waals surface area contributed by atoms with Gasteiger partial charge in [0.05, 0.1) is 18.4 Å². The third kappa shape index (κ3) is 2.66. The fraction of sp³-hybridized carbons (Fsp3) is 0.333. The monoisotopic (exact) mass is 275 g/mol. The molecule has 106 valence electrons. The Hall–Kier alpha value is -2.30. The molecule has 0 aliphatic heterocycles. The summed E-state index contributed by atoms with van der Waals surface area (Å²) in [6.07, 6.45) is 1.37. The van der Waals surface area contributed by atoms with E-state index in [1.807, 2.05) is 32.0 Å². The average molecular weight is 275 g/mol. The zero-order valence-electron chi connectivity index (χ0n) is 11.8. The molecule has 0 radical (unpaired) electrons. The van der Waals surface area contributed by atoms with Crippen molar-refractivity contribution < 1.29 is 19.1 Å². The summed E-state index contributed by atoms with van der Waals surface area (Å²) in [5, 5.41) is 9.17. The molecule has 1 aromatic carbocycles. The van der Waals surface area contributed by atoms with Crippen LogP contribution in [-0.2, 0) is 6.42 Å². The predicted octanol–water partition coefficient (Wildman–Crippen LogP) is 3.31. The molecular formula is C15H17NO4. The molecular weight excluding hydrogens is 258 g/mol. The largest absolute Gasteiger partial charge is 0.496 e. The zero-order chi connectivity index (χ0) is 14.7. The van der Waals surface area contributed by atoms with Gasteiger partial charge in [-0.1, -0.05) is 25.0 Å². The van der Waals surface area contributed by atoms with Crippen LogP contribution in [0.5, 0.6) is 5.75 Å². The van der Waals surface area contributed by atoms with Crippen molar-refractivity contribution in [2.24, 2.45) is 0 Å². The Morgan fingerprint density at radius 1 is 1.45 bits per heavy atom. The van der Waals surface area contributed by atoms with Gasteiger partial charge in [-0.05, 0) is 25.5 Å². The molecule has 5 heteroatoms. The lowest BCUT2D eigenvalue weighted by Crippen LogP contribution is -1.99. The molecule has 2 aromatic rings. The number of nitrogens with zero attached hydrogens (tertiary/aromatic N) is 1. The number of hydrogen-bond donors (Lipinski definition) is 1. The molecule has 2 rings (SSSR count). The number of methoxy groups -OCH3 is 1. The van der Waals surface area contributed by atoms with Crippen molar-refractivity contribution in [3.05, 3.63) is 35.2 Å². The number of oxazole rings is 1. The minimum atomic E-state index is -1.10. The number of rotatable bonds is 5. The van der Waals surface area contributed by atoms with E-state index in [2.05, 4.69) is 4.98 Å². The summed E-state index contributed by atoms with van der Waals surface area (Å²) in [5.41, 5.74) is 2.16. The summed E-state index contributed by atoms with van der Waals surface area (Å²) >= 11 is 0. The number of ether oxygens (including phenoxy) is 1. The standard InChI is InChI=1S/C15H17NO4/c1-4-5-11-13(15(17)18)20-14(16-11)10-8-9(2)6-7-12(10)19-3/h6-8H,4-5H2,1-3H3,(H,17,18). The van der Waals surface area contributed by atoms with Crippen LogP contribution >= 0.6 is 0 Å². The first-order valence-electron chi connectivity index (χ1n) is 6.44. The first kappa shape index (κ1) is 14.1. The number of aryl methyl sites for hydroxylation is 2. The van der Waals surface area contributed by atoms with Gasteiger partial charge < -0.3 is 14.3 Å². The van der Waals surface area contributed by atoms with Gasteiger partial charge in [-0.2, -0.15) is 0 Å². The topological polar surface area (TPSA) is 72.6 Å². The van der Waals surface area contributed by atoms with E-state index >= 15 is 0 Å². The van der Waals surface area contributed by atoms with E-state index in [0.717, 1.165) is 12.0 Å². The number of hydrogen-bond acceptors (Lipinski definition) is 4. The van der Waals surface area contributed by atoms with Crippen LogP contribution in [0.15, 0.2) is 22.6 Å². The second kappa shape index (κ2) is 5.77. The van der Waals surface area contributed by atoms with Crippen LogP contribution in [0.2, 0.25) is 0 Å². The highest BCUT2D eigenvalue weighted by Gasteiger charge is 2.21. The Morgan fingerprint density at radius 2 is 2.20 bits per heavy atom. The van der Waals surface area contributed by atoms with Crippen molar-refractivity contribution in [2.75, 3.05) is 7.11 Å². The van der Waals surface area contributed by atoms with Crippen LogP contribution in [0.25, 0.3) is 11.5 Å². The molecule has 20 heavy (non-hydrogen) atoms. The summed E-state index contributed by atoms with van der Waals surface area (Å²) < 4.78 is 10.7. The fourth-order valence-corrected chi connectivity index (χ4v) is 2.03. The summed E-state index contributed by atoms with van der Waals surface area (Å²) in [6.45, 7) is 3.91. The predicted molar refractivity (Wildman–Crippen MR) is 74.2 cm³/mol. The molecule has 0 spiro atoms. The SMILES string of the molecule is CCCc1nc(-c2cc(C)ccc2OC)oc1C(=O)O. The van der Waals surface area contributed by atoms with Gasteiger partial charge in [0.1, 0.15) is 5.75 Å². The number of benzene rings is 1. The minimum absolute atomic E-state index is 0.0922. The molecule has 5 nitrogen and oxygen atoms in total. The third-order valence-corrected chi connectivity index (χ3v) is 2.96. The van der Waals surface area contributed by atoms with E-state index in [4.69, 9.17) is 14.3 Å². The Bertz CT molecular complexity index is 631. The van der Waals surface area contributed by atoms with Gasteiger partial charge >= 0.3 is 5.97 Å². The van der Waals surface area contributed by atoms with Crippen LogP contribution in [0.4, 0.5) is 0 Å². The Balaban J connectivity index is 2.55. The highest BCUT2D eigenvalue weighted by Crippen LogP contribution is 2.31. The van der Waals surface area contributed by atoms with E-state index in [-0.39, 0.29) is 11.7 Å². The molecule has 0 aliphatic rings. The molecule has 1 aromatic heterocycles. The molecule has 0 unspecified atom stereocenters. The van der Waals surface area contributed by atoms with Gasteiger partial charge in [0.15, 0.2) is 0 Å². The molecule has 1 N–H and O–H groups in total. The maximum atomic E-state index is 11.2. The molecule has 0 saturated heterocycles. The van der Waals surface area contributed by atoms with Crippen LogP contribution < -0.4 is 4.74 Å². The number of aromatic carboxylic acids is 1. The van der Waals surface area contributed by atoms with Crippen molar-refractivity contribution in [3.63, 3.8) is 0 Å². The molecule has 0 atom stereocenters. The van der Waals surface area contributed by atoms with Gasteiger partial charge in [-0.3, -0.25) is 0 Å². The Kier molecular flexibility index (Phi) is 4.08.